The van der Waals surface area contributed by atoms with E-state index in [2.05, 4.69) is 250 Å². The summed E-state index contributed by atoms with van der Waals surface area (Å²) in [4.78, 5) is 0. The van der Waals surface area contributed by atoms with E-state index in [1.54, 1.807) is 0 Å². The zero-order valence-electron chi connectivity index (χ0n) is 36.7. The van der Waals surface area contributed by atoms with Crippen molar-refractivity contribution >= 4 is 53.4 Å². The van der Waals surface area contributed by atoms with Crippen LogP contribution in [0.25, 0.3) is 32.7 Å². The molecule has 2 saturated heterocycles. The van der Waals surface area contributed by atoms with Crippen LogP contribution in [0, 0.1) is 0 Å². The first-order valence-corrected chi connectivity index (χ1v) is 25.4. The van der Waals surface area contributed by atoms with Crippen molar-refractivity contribution in [3.05, 3.63) is 294 Å². The summed E-state index contributed by atoms with van der Waals surface area (Å²) in [6.45, 7) is 0. The summed E-state index contributed by atoms with van der Waals surface area (Å²) in [5, 5.41) is 5.34. The molecule has 0 amide bonds. The van der Waals surface area contributed by atoms with Crippen molar-refractivity contribution in [2.24, 2.45) is 0 Å². The van der Waals surface area contributed by atoms with Crippen LogP contribution in [0.3, 0.4) is 0 Å². The maximum absolute atomic E-state index is 7.93. The van der Waals surface area contributed by atoms with Crippen molar-refractivity contribution in [1.29, 1.82) is 0 Å². The molecule has 10 aromatic carbocycles. The van der Waals surface area contributed by atoms with Crippen molar-refractivity contribution in [3.63, 3.8) is 0 Å². The fourth-order valence-electron chi connectivity index (χ4n) is 15.2. The van der Waals surface area contributed by atoms with E-state index in [4.69, 9.17) is 9.47 Å². The number of benzene rings is 10. The maximum Gasteiger partial charge on any atom is 0.128 e. The zero-order valence-corrected chi connectivity index (χ0v) is 39.8. The molecule has 322 valence electrons. The average molecular weight is 1000 g/mol. The lowest BCUT2D eigenvalue weighted by Gasteiger charge is -2.38. The smallest absolute Gasteiger partial charge is 0.128 e. The standard InChI is InChI=1S/C64H40Br2O2/c65-41-29-25-39(26-30-41)63-53-23-9-7-21-51(53)61(67-63,37-13-3-1-4-14-37)57-47-19-11-17-45-43(33-35-49(55(45)47)59(57)63)44-34-36-50-56-46(44)18-12-20-48(56)58-60(50)64(40-27-31-42(66)32-28-40)54-24-10-8-22-52(54)62(58,68-64)38-15-5-2-6-16-38/h1-36,57-60H. The molecule has 68 heavy (non-hydrogen) atoms. The minimum Gasteiger partial charge on any atom is -0.348 e. The van der Waals surface area contributed by atoms with Gasteiger partial charge in [-0.05, 0) is 124 Å². The van der Waals surface area contributed by atoms with Crippen molar-refractivity contribution in [2.75, 3.05) is 0 Å². The van der Waals surface area contributed by atoms with Crippen LogP contribution in [0.2, 0.25) is 0 Å². The van der Waals surface area contributed by atoms with Crippen LogP contribution in [0.15, 0.2) is 227 Å². The quantitative estimate of drug-likeness (QED) is 0.171. The highest BCUT2D eigenvalue weighted by Gasteiger charge is 2.75. The molecular formula is C64H40Br2O2. The molecule has 0 spiro atoms. The van der Waals surface area contributed by atoms with Crippen LogP contribution in [0.5, 0.6) is 0 Å². The Labute approximate surface area is 411 Å². The molecule has 2 nitrogen and oxygen atoms in total. The van der Waals surface area contributed by atoms with E-state index in [-0.39, 0.29) is 23.7 Å². The first kappa shape index (κ1) is 38.6. The van der Waals surface area contributed by atoms with E-state index < -0.39 is 22.4 Å². The second kappa shape index (κ2) is 13.2. The molecule has 10 aromatic rings. The molecule has 4 heteroatoms. The van der Waals surface area contributed by atoms with Gasteiger partial charge >= 0.3 is 0 Å². The Hall–Kier alpha value is -6.40. The Balaban J connectivity index is 0.941. The second-order valence-corrected chi connectivity index (χ2v) is 21.7. The first-order valence-electron chi connectivity index (χ1n) is 23.8. The third-order valence-corrected chi connectivity index (χ3v) is 18.4. The number of hydrogen-bond donors (Lipinski definition) is 0. The largest absolute Gasteiger partial charge is 0.348 e. The number of fused-ring (bicyclic) bond motifs is 20. The first-order chi connectivity index (χ1) is 33.5. The normalized spacial score (nSPS) is 28.0. The Morgan fingerprint density at radius 2 is 0.588 bits per heavy atom. The van der Waals surface area contributed by atoms with Crippen LogP contribution < -0.4 is 0 Å². The molecule has 4 bridgehead atoms. The molecule has 16 rings (SSSR count). The minimum absolute atomic E-state index is 0.0565. The van der Waals surface area contributed by atoms with Crippen LogP contribution in [0.4, 0.5) is 0 Å². The van der Waals surface area contributed by atoms with Gasteiger partial charge in [0.15, 0.2) is 0 Å². The van der Waals surface area contributed by atoms with Crippen LogP contribution in [0.1, 0.15) is 90.4 Å². The second-order valence-electron chi connectivity index (χ2n) is 19.8. The molecule has 8 atom stereocenters. The molecular weight excluding hydrogens is 961 g/mol. The van der Waals surface area contributed by atoms with Gasteiger partial charge in [0.25, 0.3) is 0 Å². The number of rotatable bonds is 5. The van der Waals surface area contributed by atoms with Gasteiger partial charge < -0.3 is 9.47 Å². The van der Waals surface area contributed by atoms with Gasteiger partial charge in [-0.3, -0.25) is 0 Å². The molecule has 8 unspecified atom stereocenters. The van der Waals surface area contributed by atoms with Gasteiger partial charge in [0, 0.05) is 32.6 Å². The highest BCUT2D eigenvalue weighted by atomic mass is 79.9. The van der Waals surface area contributed by atoms with Gasteiger partial charge in [-0.15, -0.1) is 0 Å². The molecule has 0 N–H and O–H groups in total. The fourth-order valence-corrected chi connectivity index (χ4v) is 15.8. The summed E-state index contributed by atoms with van der Waals surface area (Å²) in [6.07, 6.45) is 0. The van der Waals surface area contributed by atoms with Crippen molar-refractivity contribution in [2.45, 2.75) is 46.1 Å². The Bertz CT molecular complexity index is 3560. The summed E-state index contributed by atoms with van der Waals surface area (Å²) >= 11 is 7.51. The predicted octanol–water partition coefficient (Wildman–Crippen LogP) is 16.0. The van der Waals surface area contributed by atoms with Crippen LogP contribution >= 0.6 is 31.9 Å². The maximum atomic E-state index is 7.93. The molecule has 2 fully saturated rings. The molecule has 0 saturated carbocycles. The fraction of sp³-hybridized carbons (Fsp3) is 0.125. The highest BCUT2D eigenvalue weighted by molar-refractivity contribution is 9.10. The van der Waals surface area contributed by atoms with Crippen LogP contribution in [-0.2, 0) is 31.9 Å². The topological polar surface area (TPSA) is 18.5 Å². The van der Waals surface area contributed by atoms with Crippen LogP contribution in [-0.4, -0.2) is 0 Å². The summed E-state index contributed by atoms with van der Waals surface area (Å²) < 4.78 is 18.0. The van der Waals surface area contributed by atoms with E-state index >= 15 is 0 Å². The molecule has 0 aromatic heterocycles. The monoisotopic (exact) mass is 998 g/mol. The number of halogens is 2. The Morgan fingerprint density at radius 3 is 0.941 bits per heavy atom. The van der Waals surface area contributed by atoms with Crippen molar-refractivity contribution in [1.82, 2.24) is 0 Å². The molecule has 6 aliphatic rings. The molecule has 4 heterocycles. The van der Waals surface area contributed by atoms with Crippen molar-refractivity contribution < 1.29 is 9.47 Å². The minimum atomic E-state index is -0.691. The van der Waals surface area contributed by atoms with E-state index in [9.17, 15) is 0 Å². The predicted molar refractivity (Wildman–Crippen MR) is 277 cm³/mol. The van der Waals surface area contributed by atoms with Gasteiger partial charge in [0.2, 0.25) is 0 Å². The number of hydrogen-bond acceptors (Lipinski definition) is 2. The highest BCUT2D eigenvalue weighted by Crippen LogP contribution is 2.79. The lowest BCUT2D eigenvalue weighted by atomic mass is 9.60. The Morgan fingerprint density at radius 1 is 0.279 bits per heavy atom. The summed E-state index contributed by atoms with van der Waals surface area (Å²) in [5.74, 6) is 0.235. The third-order valence-electron chi connectivity index (χ3n) is 17.3. The summed E-state index contributed by atoms with van der Waals surface area (Å²) in [6, 6.07) is 81.9. The molecule has 0 radical (unpaired) electrons. The third kappa shape index (κ3) is 4.32. The lowest BCUT2D eigenvalue weighted by Crippen LogP contribution is -2.35. The van der Waals surface area contributed by atoms with E-state index in [1.165, 1.54) is 99.4 Å². The SMILES string of the molecule is Brc1ccc(C23OC(c4ccccc4)(c4ccccc42)C2c4cccc5c(-c6ccc7c8c(cccc68)C6C7C7(c8ccc(Br)cc8)OC6(c6ccccc6)c6ccccc67)ccc(c45)C23)cc1. The lowest BCUT2D eigenvalue weighted by molar-refractivity contribution is -0.0482. The van der Waals surface area contributed by atoms with Gasteiger partial charge in [0.05, 0.1) is 0 Å². The van der Waals surface area contributed by atoms with E-state index in [0.717, 1.165) is 8.95 Å². The Kier molecular flexibility index (Phi) is 7.50. The summed E-state index contributed by atoms with van der Waals surface area (Å²) in [5.41, 5.74) is 15.1. The van der Waals surface area contributed by atoms with Gasteiger partial charge in [-0.2, -0.15) is 0 Å². The van der Waals surface area contributed by atoms with Crippen molar-refractivity contribution in [3.8, 4) is 11.1 Å². The molecule has 4 aliphatic heterocycles. The number of ether oxygens (including phenoxy) is 2. The average Bonchev–Trinajstić information content (AvgIpc) is 4.22. The van der Waals surface area contributed by atoms with Gasteiger partial charge in [-0.1, -0.05) is 226 Å². The zero-order chi connectivity index (χ0) is 44.7. The van der Waals surface area contributed by atoms with E-state index in [0.29, 0.717) is 0 Å². The van der Waals surface area contributed by atoms with Gasteiger partial charge in [-0.25, -0.2) is 0 Å². The molecule has 2 aliphatic carbocycles. The van der Waals surface area contributed by atoms with E-state index in [1.807, 2.05) is 0 Å². The summed E-state index contributed by atoms with van der Waals surface area (Å²) in [7, 11) is 0. The van der Waals surface area contributed by atoms with Gasteiger partial charge in [0.1, 0.15) is 22.4 Å².